The van der Waals surface area contributed by atoms with E-state index in [9.17, 15) is 4.79 Å². The van der Waals surface area contributed by atoms with Crippen LogP contribution in [0.5, 0.6) is 0 Å². The van der Waals surface area contributed by atoms with E-state index in [0.29, 0.717) is 18.1 Å². The standard InChI is InChI=1S/C16H20N6OS/c1-4-15-19-12(9-24-15)5-6-17-14(23)8-13-20-16-18-10(2)7-11(3)22(16)21-13/h7,9H,4-6,8H2,1-3H3,(H,17,23). The average Bonchev–Trinajstić information content (AvgIpc) is 3.13. The number of carbonyl (C=O) groups excluding carboxylic acids is 1. The Balaban J connectivity index is 1.55. The number of aryl methyl sites for hydroxylation is 3. The topological polar surface area (TPSA) is 85.1 Å². The fraction of sp³-hybridized carbons (Fsp3) is 0.438. The molecule has 3 aromatic heterocycles. The van der Waals surface area contributed by atoms with E-state index in [1.807, 2.05) is 25.3 Å². The maximum Gasteiger partial charge on any atom is 0.252 e. The third-order valence-corrected chi connectivity index (χ3v) is 4.63. The Morgan fingerprint density at radius 3 is 2.88 bits per heavy atom. The van der Waals surface area contributed by atoms with Crippen LogP contribution in [0.4, 0.5) is 0 Å². The van der Waals surface area contributed by atoms with E-state index in [-0.39, 0.29) is 12.3 Å². The average molecular weight is 344 g/mol. The third kappa shape index (κ3) is 3.76. The minimum Gasteiger partial charge on any atom is -0.355 e. The second kappa shape index (κ2) is 7.04. The smallest absolute Gasteiger partial charge is 0.252 e. The molecule has 0 unspecified atom stereocenters. The monoisotopic (exact) mass is 344 g/mol. The zero-order chi connectivity index (χ0) is 17.1. The number of fused-ring (bicyclic) bond motifs is 1. The molecule has 24 heavy (non-hydrogen) atoms. The van der Waals surface area contributed by atoms with Gasteiger partial charge in [-0.2, -0.15) is 4.98 Å². The molecular weight excluding hydrogens is 324 g/mol. The first kappa shape index (κ1) is 16.5. The molecule has 0 radical (unpaired) electrons. The highest BCUT2D eigenvalue weighted by Gasteiger charge is 2.11. The molecule has 0 saturated carbocycles. The maximum absolute atomic E-state index is 12.1. The van der Waals surface area contributed by atoms with Crippen LogP contribution in [0.25, 0.3) is 5.78 Å². The number of carbonyl (C=O) groups is 1. The van der Waals surface area contributed by atoms with Gasteiger partial charge in [-0.3, -0.25) is 4.79 Å². The number of thiazole rings is 1. The number of rotatable bonds is 6. The van der Waals surface area contributed by atoms with Gasteiger partial charge < -0.3 is 5.32 Å². The molecule has 1 N–H and O–H groups in total. The van der Waals surface area contributed by atoms with Gasteiger partial charge >= 0.3 is 0 Å². The molecule has 0 aliphatic carbocycles. The second-order valence-corrected chi connectivity index (χ2v) is 6.58. The summed E-state index contributed by atoms with van der Waals surface area (Å²) in [4.78, 5) is 25.2. The van der Waals surface area contributed by atoms with E-state index < -0.39 is 0 Å². The Morgan fingerprint density at radius 2 is 2.12 bits per heavy atom. The molecule has 126 valence electrons. The number of nitrogens with one attached hydrogen (secondary N) is 1. The summed E-state index contributed by atoms with van der Waals surface area (Å²) in [6.07, 6.45) is 1.84. The Bertz CT molecular complexity index is 869. The second-order valence-electron chi connectivity index (χ2n) is 5.64. The fourth-order valence-corrected chi connectivity index (χ4v) is 3.22. The van der Waals surface area contributed by atoms with Gasteiger partial charge in [0, 0.05) is 29.7 Å². The number of hydrogen-bond donors (Lipinski definition) is 1. The van der Waals surface area contributed by atoms with E-state index in [2.05, 4.69) is 32.3 Å². The van der Waals surface area contributed by atoms with E-state index in [0.717, 1.165) is 34.9 Å². The van der Waals surface area contributed by atoms with E-state index in [1.165, 1.54) is 0 Å². The molecule has 0 atom stereocenters. The van der Waals surface area contributed by atoms with Crippen molar-refractivity contribution in [1.82, 2.24) is 29.9 Å². The van der Waals surface area contributed by atoms with Crippen LogP contribution in [0.2, 0.25) is 0 Å². The van der Waals surface area contributed by atoms with Crippen molar-refractivity contribution < 1.29 is 4.79 Å². The van der Waals surface area contributed by atoms with Gasteiger partial charge in [0.25, 0.3) is 5.78 Å². The summed E-state index contributed by atoms with van der Waals surface area (Å²) < 4.78 is 1.66. The SMILES string of the molecule is CCc1nc(CCNC(=O)Cc2nc3nc(C)cc(C)n3n2)cs1. The molecule has 3 heterocycles. The number of hydrogen-bond acceptors (Lipinski definition) is 6. The van der Waals surface area contributed by atoms with Crippen molar-refractivity contribution in [2.45, 2.75) is 40.0 Å². The molecule has 8 heteroatoms. The lowest BCUT2D eigenvalue weighted by Crippen LogP contribution is -2.27. The minimum atomic E-state index is -0.0915. The first-order chi connectivity index (χ1) is 11.5. The van der Waals surface area contributed by atoms with Crippen LogP contribution in [-0.4, -0.2) is 37.0 Å². The van der Waals surface area contributed by atoms with E-state index in [4.69, 9.17) is 0 Å². The molecular formula is C16H20N6OS. The first-order valence-electron chi connectivity index (χ1n) is 7.95. The Morgan fingerprint density at radius 1 is 1.29 bits per heavy atom. The molecule has 0 aliphatic heterocycles. The van der Waals surface area contributed by atoms with Gasteiger partial charge in [0.05, 0.1) is 17.1 Å². The van der Waals surface area contributed by atoms with E-state index >= 15 is 0 Å². The third-order valence-electron chi connectivity index (χ3n) is 3.59. The van der Waals surface area contributed by atoms with Crippen LogP contribution < -0.4 is 5.32 Å². The van der Waals surface area contributed by atoms with Crippen molar-refractivity contribution >= 4 is 23.0 Å². The van der Waals surface area contributed by atoms with Gasteiger partial charge in [-0.15, -0.1) is 16.4 Å². The van der Waals surface area contributed by atoms with Crippen LogP contribution in [0.15, 0.2) is 11.4 Å². The predicted octanol–water partition coefficient (Wildman–Crippen LogP) is 1.66. The zero-order valence-electron chi connectivity index (χ0n) is 14.0. The first-order valence-corrected chi connectivity index (χ1v) is 8.83. The summed E-state index contributed by atoms with van der Waals surface area (Å²) in [6, 6.07) is 1.93. The van der Waals surface area contributed by atoms with Crippen molar-refractivity contribution in [2.75, 3.05) is 6.54 Å². The number of aromatic nitrogens is 5. The summed E-state index contributed by atoms with van der Waals surface area (Å²) in [5.41, 5.74) is 2.86. The molecule has 0 saturated heterocycles. The summed E-state index contributed by atoms with van der Waals surface area (Å²) in [5.74, 6) is 0.923. The lowest BCUT2D eigenvalue weighted by molar-refractivity contribution is -0.120. The molecule has 0 aromatic carbocycles. The number of amides is 1. The molecule has 3 rings (SSSR count). The zero-order valence-corrected chi connectivity index (χ0v) is 14.9. The quantitative estimate of drug-likeness (QED) is 0.735. The molecule has 0 aliphatic rings. The molecule has 0 bridgehead atoms. The summed E-state index contributed by atoms with van der Waals surface area (Å²) in [6.45, 7) is 6.51. The van der Waals surface area contributed by atoms with Crippen LogP contribution in [0, 0.1) is 13.8 Å². The normalized spacial score (nSPS) is 11.1. The summed E-state index contributed by atoms with van der Waals surface area (Å²) >= 11 is 1.66. The number of nitrogens with zero attached hydrogens (tertiary/aromatic N) is 5. The Hall–Kier alpha value is -2.35. The van der Waals surface area contributed by atoms with E-state index in [1.54, 1.807) is 15.9 Å². The lowest BCUT2D eigenvalue weighted by atomic mass is 10.3. The van der Waals surface area contributed by atoms with Gasteiger partial charge in [-0.25, -0.2) is 14.5 Å². The van der Waals surface area contributed by atoms with Crippen LogP contribution in [0.1, 0.15) is 34.8 Å². The van der Waals surface area contributed by atoms with Crippen molar-refractivity contribution in [1.29, 1.82) is 0 Å². The highest BCUT2D eigenvalue weighted by molar-refractivity contribution is 7.09. The van der Waals surface area contributed by atoms with Crippen LogP contribution in [-0.2, 0) is 24.1 Å². The van der Waals surface area contributed by atoms with Crippen molar-refractivity contribution in [2.24, 2.45) is 0 Å². The largest absolute Gasteiger partial charge is 0.355 e. The summed E-state index contributed by atoms with van der Waals surface area (Å²) in [7, 11) is 0. The van der Waals surface area contributed by atoms with Crippen molar-refractivity contribution in [3.05, 3.63) is 39.4 Å². The molecule has 7 nitrogen and oxygen atoms in total. The maximum atomic E-state index is 12.1. The van der Waals surface area contributed by atoms with Gasteiger partial charge in [0.15, 0.2) is 5.82 Å². The van der Waals surface area contributed by atoms with Crippen molar-refractivity contribution in [3.63, 3.8) is 0 Å². The van der Waals surface area contributed by atoms with Crippen LogP contribution in [0.3, 0.4) is 0 Å². The molecule has 1 amide bonds. The van der Waals surface area contributed by atoms with Crippen molar-refractivity contribution in [3.8, 4) is 0 Å². The molecule has 0 fully saturated rings. The van der Waals surface area contributed by atoms with Crippen LogP contribution >= 0.6 is 11.3 Å². The fourth-order valence-electron chi connectivity index (χ4n) is 2.44. The van der Waals surface area contributed by atoms with Gasteiger partial charge in [0.1, 0.15) is 0 Å². The van der Waals surface area contributed by atoms with Gasteiger partial charge in [0.2, 0.25) is 5.91 Å². The van der Waals surface area contributed by atoms with Gasteiger partial charge in [-0.05, 0) is 26.3 Å². The predicted molar refractivity (Wildman–Crippen MR) is 92.2 cm³/mol. The van der Waals surface area contributed by atoms with Gasteiger partial charge in [-0.1, -0.05) is 6.92 Å². The minimum absolute atomic E-state index is 0.0915. The Labute approximate surface area is 144 Å². The molecule has 3 aromatic rings. The lowest BCUT2D eigenvalue weighted by Gasteiger charge is -2.01. The highest BCUT2D eigenvalue weighted by atomic mass is 32.1. The highest BCUT2D eigenvalue weighted by Crippen LogP contribution is 2.10. The Kier molecular flexibility index (Phi) is 4.84. The molecule has 0 spiro atoms. The summed E-state index contributed by atoms with van der Waals surface area (Å²) in [5, 5.41) is 10.4.